The Bertz CT molecular complexity index is 561. The standard InChI is InChI=1S/C15H21N3O/c1-5-11-8-9-13(19-11)15-17-12(6-2)10(4)14(18-15)16-7-3/h8-9H,5-7H2,1-4H3,(H,16,17,18). The van der Waals surface area contributed by atoms with Gasteiger partial charge in [0, 0.05) is 24.2 Å². The van der Waals surface area contributed by atoms with Crippen molar-refractivity contribution in [3.8, 4) is 11.6 Å². The first-order chi connectivity index (χ1) is 9.19. The van der Waals surface area contributed by atoms with Crippen molar-refractivity contribution in [2.45, 2.75) is 40.5 Å². The van der Waals surface area contributed by atoms with Gasteiger partial charge < -0.3 is 9.73 Å². The van der Waals surface area contributed by atoms with Gasteiger partial charge in [0.25, 0.3) is 0 Å². The van der Waals surface area contributed by atoms with Crippen LogP contribution in [0.25, 0.3) is 11.6 Å². The van der Waals surface area contributed by atoms with Crippen LogP contribution in [0.3, 0.4) is 0 Å². The largest absolute Gasteiger partial charge is 0.458 e. The van der Waals surface area contributed by atoms with Crippen LogP contribution in [-0.2, 0) is 12.8 Å². The summed E-state index contributed by atoms with van der Waals surface area (Å²) in [7, 11) is 0. The molecule has 102 valence electrons. The molecule has 0 amide bonds. The van der Waals surface area contributed by atoms with E-state index in [0.717, 1.165) is 48.0 Å². The fourth-order valence-electron chi connectivity index (χ4n) is 2.05. The first-order valence-corrected chi connectivity index (χ1v) is 6.90. The molecule has 2 aromatic heterocycles. The molecule has 2 heterocycles. The maximum absolute atomic E-state index is 5.74. The van der Waals surface area contributed by atoms with Gasteiger partial charge in [0.15, 0.2) is 11.6 Å². The van der Waals surface area contributed by atoms with Crippen LogP contribution in [0.15, 0.2) is 16.5 Å². The fraction of sp³-hybridized carbons (Fsp3) is 0.467. The lowest BCUT2D eigenvalue weighted by molar-refractivity contribution is 0.525. The molecule has 4 heteroatoms. The lowest BCUT2D eigenvalue weighted by Crippen LogP contribution is -2.07. The second kappa shape index (κ2) is 5.87. The summed E-state index contributed by atoms with van der Waals surface area (Å²) in [6, 6.07) is 3.93. The van der Waals surface area contributed by atoms with Crippen molar-refractivity contribution in [1.82, 2.24) is 9.97 Å². The highest BCUT2D eigenvalue weighted by atomic mass is 16.3. The Morgan fingerprint density at radius 1 is 1.11 bits per heavy atom. The van der Waals surface area contributed by atoms with Crippen molar-refractivity contribution in [2.24, 2.45) is 0 Å². The van der Waals surface area contributed by atoms with Crippen LogP contribution in [0.5, 0.6) is 0 Å². The molecule has 1 N–H and O–H groups in total. The second-order valence-electron chi connectivity index (χ2n) is 4.47. The Labute approximate surface area is 114 Å². The Morgan fingerprint density at radius 2 is 1.89 bits per heavy atom. The fourth-order valence-corrected chi connectivity index (χ4v) is 2.05. The summed E-state index contributed by atoms with van der Waals surface area (Å²) in [5, 5.41) is 3.29. The number of aryl methyl sites for hydroxylation is 2. The number of furan rings is 1. The minimum Gasteiger partial charge on any atom is -0.458 e. The Morgan fingerprint density at radius 3 is 2.47 bits per heavy atom. The topological polar surface area (TPSA) is 51.0 Å². The lowest BCUT2D eigenvalue weighted by Gasteiger charge is -2.11. The van der Waals surface area contributed by atoms with Crippen molar-refractivity contribution in [2.75, 3.05) is 11.9 Å². The highest BCUT2D eigenvalue weighted by Crippen LogP contribution is 2.24. The van der Waals surface area contributed by atoms with Crippen LogP contribution in [0.2, 0.25) is 0 Å². The summed E-state index contributed by atoms with van der Waals surface area (Å²) in [5.41, 5.74) is 2.19. The van der Waals surface area contributed by atoms with E-state index in [2.05, 4.69) is 43.0 Å². The molecular formula is C15H21N3O. The SMILES string of the molecule is CCNc1nc(-c2ccc(CC)o2)nc(CC)c1C. The van der Waals surface area contributed by atoms with Crippen LogP contribution in [0.1, 0.15) is 37.8 Å². The Kier molecular flexibility index (Phi) is 4.20. The maximum Gasteiger partial charge on any atom is 0.197 e. The summed E-state index contributed by atoms with van der Waals surface area (Å²) in [4.78, 5) is 9.18. The molecule has 4 nitrogen and oxygen atoms in total. The molecule has 0 aliphatic carbocycles. The first kappa shape index (κ1) is 13.6. The smallest absolute Gasteiger partial charge is 0.197 e. The average Bonchev–Trinajstić information content (AvgIpc) is 2.90. The molecule has 0 aliphatic heterocycles. The van der Waals surface area contributed by atoms with Crippen LogP contribution >= 0.6 is 0 Å². The quantitative estimate of drug-likeness (QED) is 0.891. The van der Waals surface area contributed by atoms with Gasteiger partial charge in [-0.15, -0.1) is 0 Å². The van der Waals surface area contributed by atoms with E-state index < -0.39 is 0 Å². The minimum atomic E-state index is 0.665. The van der Waals surface area contributed by atoms with Crippen LogP contribution < -0.4 is 5.32 Å². The van der Waals surface area contributed by atoms with Gasteiger partial charge in [-0.25, -0.2) is 9.97 Å². The predicted octanol–water partition coefficient (Wildman–Crippen LogP) is 3.60. The highest BCUT2D eigenvalue weighted by Gasteiger charge is 2.13. The number of hydrogen-bond donors (Lipinski definition) is 1. The maximum atomic E-state index is 5.74. The van der Waals surface area contributed by atoms with Gasteiger partial charge in [-0.3, -0.25) is 0 Å². The number of hydrogen-bond acceptors (Lipinski definition) is 4. The van der Waals surface area contributed by atoms with Gasteiger partial charge in [-0.1, -0.05) is 13.8 Å². The van der Waals surface area contributed by atoms with E-state index in [-0.39, 0.29) is 0 Å². The Hall–Kier alpha value is -1.84. The van der Waals surface area contributed by atoms with E-state index in [1.165, 1.54) is 0 Å². The number of nitrogens with one attached hydrogen (secondary N) is 1. The summed E-state index contributed by atoms with van der Waals surface area (Å²) >= 11 is 0. The van der Waals surface area contributed by atoms with E-state index in [1.807, 2.05) is 12.1 Å². The highest BCUT2D eigenvalue weighted by molar-refractivity contribution is 5.55. The van der Waals surface area contributed by atoms with Gasteiger partial charge in [0.2, 0.25) is 0 Å². The van der Waals surface area contributed by atoms with Crippen molar-refractivity contribution in [3.05, 3.63) is 29.2 Å². The summed E-state index contributed by atoms with van der Waals surface area (Å²) < 4.78 is 5.74. The molecule has 2 aromatic rings. The zero-order valence-corrected chi connectivity index (χ0v) is 12.1. The molecule has 19 heavy (non-hydrogen) atoms. The summed E-state index contributed by atoms with van der Waals surface area (Å²) in [6.45, 7) is 9.14. The van der Waals surface area contributed by atoms with Crippen molar-refractivity contribution in [3.63, 3.8) is 0 Å². The molecule has 0 atom stereocenters. The molecule has 2 rings (SSSR count). The van der Waals surface area contributed by atoms with E-state index in [4.69, 9.17) is 4.42 Å². The van der Waals surface area contributed by atoms with Gasteiger partial charge in [0.05, 0.1) is 0 Å². The molecule has 0 saturated carbocycles. The van der Waals surface area contributed by atoms with Crippen molar-refractivity contribution in [1.29, 1.82) is 0 Å². The van der Waals surface area contributed by atoms with E-state index in [0.29, 0.717) is 5.82 Å². The van der Waals surface area contributed by atoms with Gasteiger partial charge in [-0.2, -0.15) is 0 Å². The van der Waals surface area contributed by atoms with E-state index >= 15 is 0 Å². The predicted molar refractivity (Wildman–Crippen MR) is 77.4 cm³/mol. The Balaban J connectivity index is 2.47. The third-order valence-corrected chi connectivity index (χ3v) is 3.16. The number of aromatic nitrogens is 2. The van der Waals surface area contributed by atoms with Crippen LogP contribution in [0, 0.1) is 6.92 Å². The van der Waals surface area contributed by atoms with Crippen molar-refractivity contribution >= 4 is 5.82 Å². The molecule has 0 aliphatic rings. The zero-order chi connectivity index (χ0) is 13.8. The molecule has 0 fully saturated rings. The van der Waals surface area contributed by atoms with Crippen LogP contribution in [-0.4, -0.2) is 16.5 Å². The number of anilines is 1. The normalized spacial score (nSPS) is 10.7. The lowest BCUT2D eigenvalue weighted by atomic mass is 10.2. The van der Waals surface area contributed by atoms with Crippen LogP contribution in [0.4, 0.5) is 5.82 Å². The summed E-state index contributed by atoms with van der Waals surface area (Å²) in [6.07, 6.45) is 1.77. The molecule has 0 saturated heterocycles. The molecule has 0 spiro atoms. The van der Waals surface area contributed by atoms with E-state index in [1.54, 1.807) is 0 Å². The average molecular weight is 259 g/mol. The van der Waals surface area contributed by atoms with E-state index in [9.17, 15) is 0 Å². The van der Waals surface area contributed by atoms with Gasteiger partial charge >= 0.3 is 0 Å². The monoisotopic (exact) mass is 259 g/mol. The molecule has 0 unspecified atom stereocenters. The first-order valence-electron chi connectivity index (χ1n) is 6.90. The number of rotatable bonds is 5. The molecule has 0 bridgehead atoms. The minimum absolute atomic E-state index is 0.665. The summed E-state index contributed by atoms with van der Waals surface area (Å²) in [5.74, 6) is 3.27. The van der Waals surface area contributed by atoms with Gasteiger partial charge in [-0.05, 0) is 32.4 Å². The van der Waals surface area contributed by atoms with Crippen molar-refractivity contribution < 1.29 is 4.42 Å². The zero-order valence-electron chi connectivity index (χ0n) is 12.1. The molecule has 0 aromatic carbocycles. The molecule has 0 radical (unpaired) electrons. The molecular weight excluding hydrogens is 238 g/mol. The second-order valence-corrected chi connectivity index (χ2v) is 4.47. The third-order valence-electron chi connectivity index (χ3n) is 3.16. The number of nitrogens with zero attached hydrogens (tertiary/aromatic N) is 2. The third kappa shape index (κ3) is 2.78. The van der Waals surface area contributed by atoms with Gasteiger partial charge in [0.1, 0.15) is 11.6 Å².